The Morgan fingerprint density at radius 2 is 1.56 bits per heavy atom. The number of carbonyl (C=O) groups is 1. The van der Waals surface area contributed by atoms with E-state index in [-0.39, 0.29) is 17.9 Å². The highest BCUT2D eigenvalue weighted by Gasteiger charge is 2.34. The maximum absolute atomic E-state index is 13.4. The molecule has 1 aliphatic rings. The van der Waals surface area contributed by atoms with Crippen LogP contribution in [0.5, 0.6) is 0 Å². The lowest BCUT2D eigenvalue weighted by molar-refractivity contribution is -0.132. The summed E-state index contributed by atoms with van der Waals surface area (Å²) in [6.07, 6.45) is 6.11. The molecule has 0 heterocycles. The normalized spacial score (nSPS) is 22.8. The van der Waals surface area contributed by atoms with E-state index >= 15 is 0 Å². The molecule has 1 aliphatic carbocycles. The molecule has 2 nitrogen and oxygen atoms in total. The number of benzene rings is 2. The molecule has 25 heavy (non-hydrogen) atoms. The van der Waals surface area contributed by atoms with E-state index in [1.165, 1.54) is 12.0 Å². The molecule has 3 atom stereocenters. The highest BCUT2D eigenvalue weighted by molar-refractivity contribution is 5.84. The van der Waals surface area contributed by atoms with Crippen molar-refractivity contribution in [1.82, 2.24) is 0 Å². The van der Waals surface area contributed by atoms with Crippen LogP contribution >= 0.6 is 0 Å². The number of ketones is 1. The van der Waals surface area contributed by atoms with Gasteiger partial charge >= 0.3 is 0 Å². The first-order valence-corrected chi connectivity index (χ1v) is 9.45. The number of ether oxygens (including phenoxy) is 1. The lowest BCUT2D eigenvalue weighted by Crippen LogP contribution is -2.32. The van der Waals surface area contributed by atoms with E-state index in [0.717, 1.165) is 37.7 Å². The lowest BCUT2D eigenvalue weighted by Gasteiger charge is -2.31. The lowest BCUT2D eigenvalue weighted by atomic mass is 9.76. The predicted molar refractivity (Wildman–Crippen MR) is 101 cm³/mol. The molecule has 0 N–H and O–H groups in total. The van der Waals surface area contributed by atoms with Crippen molar-refractivity contribution >= 4 is 5.78 Å². The van der Waals surface area contributed by atoms with Gasteiger partial charge in [0.1, 0.15) is 5.78 Å². The fourth-order valence-corrected chi connectivity index (χ4v) is 4.10. The van der Waals surface area contributed by atoms with Crippen LogP contribution < -0.4 is 0 Å². The quantitative estimate of drug-likeness (QED) is 0.732. The molecule has 132 valence electrons. The molecule has 0 saturated heterocycles. The van der Waals surface area contributed by atoms with Crippen molar-refractivity contribution < 1.29 is 9.53 Å². The molecule has 2 aromatic carbocycles. The van der Waals surface area contributed by atoms with Crippen LogP contribution in [0.25, 0.3) is 0 Å². The third-order valence-corrected chi connectivity index (χ3v) is 5.41. The first-order valence-electron chi connectivity index (χ1n) is 9.45. The topological polar surface area (TPSA) is 26.3 Å². The summed E-state index contributed by atoms with van der Waals surface area (Å²) < 4.78 is 5.82. The highest BCUT2D eigenvalue weighted by atomic mass is 16.5. The fourth-order valence-electron chi connectivity index (χ4n) is 4.10. The molecule has 1 fully saturated rings. The number of carbonyl (C=O) groups excluding carboxylic acids is 1. The molecule has 0 amide bonds. The number of hydrogen-bond donors (Lipinski definition) is 0. The molecule has 3 unspecified atom stereocenters. The maximum Gasteiger partial charge on any atom is 0.142 e. The number of Topliss-reactive ketones (excluding diaryl/α,β-unsaturated/α-hetero) is 1. The molecular formula is C23H28O2. The van der Waals surface area contributed by atoms with Gasteiger partial charge in [-0.25, -0.2) is 0 Å². The zero-order chi connectivity index (χ0) is 17.5. The van der Waals surface area contributed by atoms with Gasteiger partial charge in [0.05, 0.1) is 6.10 Å². The van der Waals surface area contributed by atoms with E-state index in [9.17, 15) is 4.79 Å². The third-order valence-electron chi connectivity index (χ3n) is 5.41. The molecule has 3 rings (SSSR count). The van der Waals surface area contributed by atoms with Gasteiger partial charge in [-0.2, -0.15) is 0 Å². The molecular weight excluding hydrogens is 308 g/mol. The Labute approximate surface area is 151 Å². The van der Waals surface area contributed by atoms with Crippen LogP contribution in [0.15, 0.2) is 60.7 Å². The predicted octanol–water partition coefficient (Wildman–Crippen LogP) is 5.38. The van der Waals surface area contributed by atoms with Crippen LogP contribution in [0.3, 0.4) is 0 Å². The molecule has 0 aromatic heterocycles. The van der Waals surface area contributed by atoms with Gasteiger partial charge in [-0.3, -0.25) is 4.79 Å². The zero-order valence-electron chi connectivity index (χ0n) is 15.1. The third kappa shape index (κ3) is 4.58. The summed E-state index contributed by atoms with van der Waals surface area (Å²) in [5, 5.41) is 0. The second-order valence-electron chi connectivity index (χ2n) is 7.10. The average Bonchev–Trinajstić information content (AvgIpc) is 2.66. The fraction of sp³-hybridized carbons (Fsp3) is 0.435. The van der Waals surface area contributed by atoms with Crippen molar-refractivity contribution in [2.24, 2.45) is 11.8 Å². The van der Waals surface area contributed by atoms with E-state index in [1.807, 2.05) is 24.3 Å². The van der Waals surface area contributed by atoms with Crippen LogP contribution in [-0.2, 0) is 16.0 Å². The molecule has 0 aliphatic heterocycles. The molecule has 2 heteroatoms. The Hall–Kier alpha value is -1.93. The van der Waals surface area contributed by atoms with Crippen LogP contribution in [0.1, 0.15) is 49.3 Å². The Balaban J connectivity index is 1.82. The van der Waals surface area contributed by atoms with Crippen LogP contribution in [0.4, 0.5) is 0 Å². The Bertz CT molecular complexity index is 650. The van der Waals surface area contributed by atoms with E-state index in [0.29, 0.717) is 5.78 Å². The van der Waals surface area contributed by atoms with Crippen molar-refractivity contribution in [2.75, 3.05) is 7.11 Å². The van der Waals surface area contributed by atoms with Gasteiger partial charge in [0.25, 0.3) is 0 Å². The van der Waals surface area contributed by atoms with E-state index in [2.05, 4.69) is 36.4 Å². The number of rotatable bonds is 5. The van der Waals surface area contributed by atoms with Crippen LogP contribution in [0, 0.1) is 11.8 Å². The molecule has 0 spiro atoms. The van der Waals surface area contributed by atoms with Gasteiger partial charge in [0.2, 0.25) is 0 Å². The van der Waals surface area contributed by atoms with Crippen molar-refractivity contribution in [1.29, 1.82) is 0 Å². The minimum Gasteiger partial charge on any atom is -0.376 e. The van der Waals surface area contributed by atoms with Crippen molar-refractivity contribution in [3.05, 3.63) is 71.8 Å². The van der Waals surface area contributed by atoms with Crippen molar-refractivity contribution in [3.63, 3.8) is 0 Å². The summed E-state index contributed by atoms with van der Waals surface area (Å²) in [7, 11) is 1.73. The van der Waals surface area contributed by atoms with Gasteiger partial charge in [0.15, 0.2) is 0 Å². The first-order chi connectivity index (χ1) is 12.3. The van der Waals surface area contributed by atoms with Crippen molar-refractivity contribution in [2.45, 2.75) is 44.6 Å². The van der Waals surface area contributed by atoms with Gasteiger partial charge in [-0.15, -0.1) is 0 Å². The maximum atomic E-state index is 13.4. The van der Waals surface area contributed by atoms with Crippen LogP contribution in [0.2, 0.25) is 0 Å². The monoisotopic (exact) mass is 336 g/mol. The molecule has 2 aromatic rings. The summed E-state index contributed by atoms with van der Waals surface area (Å²) in [5.74, 6) is 0.453. The standard InChI is InChI=1S/C23H28O2/c1-25-23(19-13-7-3-8-14-19)21-16-10-4-9-15-20(22(21)24)17-18-11-5-2-6-12-18/h2-3,5-8,11-14,20-21,23H,4,9-10,15-17H2,1H3. The minimum absolute atomic E-state index is 0.0404. The Morgan fingerprint density at radius 1 is 0.920 bits per heavy atom. The Morgan fingerprint density at radius 3 is 2.24 bits per heavy atom. The van der Waals surface area contributed by atoms with Gasteiger partial charge < -0.3 is 4.74 Å². The van der Waals surface area contributed by atoms with Crippen molar-refractivity contribution in [3.8, 4) is 0 Å². The SMILES string of the molecule is COC(c1ccccc1)C1CCCCCC(Cc2ccccc2)C1=O. The highest BCUT2D eigenvalue weighted by Crippen LogP contribution is 2.36. The first kappa shape index (κ1) is 17.9. The molecule has 1 saturated carbocycles. The summed E-state index contributed by atoms with van der Waals surface area (Å²) in [5.41, 5.74) is 2.37. The van der Waals surface area contributed by atoms with Crippen LogP contribution in [-0.4, -0.2) is 12.9 Å². The Kier molecular flexibility index (Phi) is 6.41. The number of hydrogen-bond acceptors (Lipinski definition) is 2. The summed E-state index contributed by atoms with van der Waals surface area (Å²) in [6.45, 7) is 0. The molecule has 0 radical (unpaired) electrons. The molecule has 0 bridgehead atoms. The average molecular weight is 336 g/mol. The van der Waals surface area contributed by atoms with Gasteiger partial charge in [-0.1, -0.05) is 79.9 Å². The summed E-state index contributed by atoms with van der Waals surface area (Å²) >= 11 is 0. The van der Waals surface area contributed by atoms with Gasteiger partial charge in [-0.05, 0) is 30.4 Å². The van der Waals surface area contributed by atoms with E-state index < -0.39 is 0 Å². The smallest absolute Gasteiger partial charge is 0.142 e. The summed E-state index contributed by atoms with van der Waals surface area (Å²) in [6, 6.07) is 20.6. The minimum atomic E-state index is -0.134. The summed E-state index contributed by atoms with van der Waals surface area (Å²) in [4.78, 5) is 13.4. The number of methoxy groups -OCH3 is 1. The second-order valence-corrected chi connectivity index (χ2v) is 7.10. The second kappa shape index (κ2) is 8.96. The largest absolute Gasteiger partial charge is 0.376 e. The van der Waals surface area contributed by atoms with E-state index in [4.69, 9.17) is 4.74 Å². The van der Waals surface area contributed by atoms with E-state index in [1.54, 1.807) is 7.11 Å². The zero-order valence-corrected chi connectivity index (χ0v) is 15.1. The van der Waals surface area contributed by atoms with Gasteiger partial charge in [0, 0.05) is 18.9 Å².